The van der Waals surface area contributed by atoms with Crippen molar-refractivity contribution >= 4 is 11.5 Å². The first-order chi connectivity index (χ1) is 8.72. The summed E-state index contributed by atoms with van der Waals surface area (Å²) in [4.78, 5) is 12.1. The van der Waals surface area contributed by atoms with Gasteiger partial charge in [-0.3, -0.25) is 9.48 Å². The molecule has 0 spiro atoms. The number of benzene rings is 1. The van der Waals surface area contributed by atoms with Gasteiger partial charge in [0.25, 0.3) is 0 Å². The molecule has 18 heavy (non-hydrogen) atoms. The lowest BCUT2D eigenvalue weighted by Crippen LogP contribution is -2.18. The number of aromatic nitrogens is 2. The van der Waals surface area contributed by atoms with E-state index in [1.165, 1.54) is 18.0 Å². The Kier molecular flexibility index (Phi) is 3.62. The number of nitrogens with zero attached hydrogens (tertiary/aromatic N) is 2. The van der Waals surface area contributed by atoms with E-state index in [-0.39, 0.29) is 12.3 Å². The number of hydrogen-bond acceptors (Lipinski definition) is 4. The maximum atomic E-state index is 12.1. The maximum absolute atomic E-state index is 12.1. The molecule has 0 amide bonds. The number of Topliss-reactive ketones (excluding diaryl/α,β-unsaturated/α-hetero) is 1. The Labute approximate surface area is 105 Å². The van der Waals surface area contributed by atoms with Gasteiger partial charge in [-0.15, -0.1) is 0 Å². The van der Waals surface area contributed by atoms with Crippen molar-refractivity contribution in [2.24, 2.45) is 7.05 Å². The number of aryl methyl sites for hydroxylation is 1. The Bertz CT molecular complexity index is 534. The van der Waals surface area contributed by atoms with Gasteiger partial charge in [-0.25, -0.2) is 0 Å². The molecule has 0 unspecified atom stereocenters. The Morgan fingerprint density at radius 1 is 1.39 bits per heavy atom. The normalized spacial score (nSPS) is 10.1. The number of methoxy groups -OCH3 is 1. The van der Waals surface area contributed by atoms with E-state index in [0.29, 0.717) is 11.4 Å². The molecule has 2 aromatic rings. The Morgan fingerprint density at radius 2 is 2.11 bits per heavy atom. The van der Waals surface area contributed by atoms with Crippen molar-refractivity contribution in [1.82, 2.24) is 9.78 Å². The second kappa shape index (κ2) is 5.35. The largest absolute Gasteiger partial charge is 0.493 e. The summed E-state index contributed by atoms with van der Waals surface area (Å²) < 4.78 is 6.63. The maximum Gasteiger partial charge on any atom is 0.203 e. The highest BCUT2D eigenvalue weighted by Gasteiger charge is 2.16. The third-order valence-corrected chi connectivity index (χ3v) is 2.62. The van der Waals surface area contributed by atoms with E-state index in [1.807, 2.05) is 30.3 Å². The second-order valence-electron chi connectivity index (χ2n) is 3.83. The SMILES string of the molecule is COc1cnn(C)c1C(=O)CNc1ccccc1. The molecule has 0 aliphatic carbocycles. The van der Waals surface area contributed by atoms with Crippen LogP contribution in [-0.2, 0) is 7.05 Å². The van der Waals surface area contributed by atoms with Crippen LogP contribution < -0.4 is 10.1 Å². The van der Waals surface area contributed by atoms with E-state index >= 15 is 0 Å². The lowest BCUT2D eigenvalue weighted by Gasteiger charge is -2.07. The average molecular weight is 245 g/mol. The summed E-state index contributed by atoms with van der Waals surface area (Å²) in [6, 6.07) is 9.58. The highest BCUT2D eigenvalue weighted by Crippen LogP contribution is 2.17. The van der Waals surface area contributed by atoms with Crippen molar-refractivity contribution in [2.75, 3.05) is 19.0 Å². The van der Waals surface area contributed by atoms with Gasteiger partial charge < -0.3 is 10.1 Å². The van der Waals surface area contributed by atoms with Gasteiger partial charge in [-0.05, 0) is 12.1 Å². The molecule has 0 aliphatic heterocycles. The van der Waals surface area contributed by atoms with Crippen molar-refractivity contribution < 1.29 is 9.53 Å². The van der Waals surface area contributed by atoms with Gasteiger partial charge in [0.05, 0.1) is 19.9 Å². The fraction of sp³-hybridized carbons (Fsp3) is 0.231. The summed E-state index contributed by atoms with van der Waals surface area (Å²) in [7, 11) is 3.25. The van der Waals surface area contributed by atoms with Gasteiger partial charge in [0.2, 0.25) is 5.78 Å². The van der Waals surface area contributed by atoms with Crippen LogP contribution >= 0.6 is 0 Å². The summed E-state index contributed by atoms with van der Waals surface area (Å²) in [6.45, 7) is 0.208. The van der Waals surface area contributed by atoms with Gasteiger partial charge in [0.15, 0.2) is 5.75 Å². The Morgan fingerprint density at radius 3 is 2.78 bits per heavy atom. The molecule has 0 saturated heterocycles. The predicted octanol–water partition coefficient (Wildman–Crippen LogP) is 1.72. The number of para-hydroxylation sites is 1. The lowest BCUT2D eigenvalue weighted by molar-refractivity contribution is 0.0994. The predicted molar refractivity (Wildman–Crippen MR) is 69.0 cm³/mol. The van der Waals surface area contributed by atoms with E-state index in [9.17, 15) is 4.79 Å². The molecule has 0 fully saturated rings. The molecule has 1 aromatic carbocycles. The van der Waals surface area contributed by atoms with E-state index in [2.05, 4.69) is 10.4 Å². The van der Waals surface area contributed by atoms with Crippen molar-refractivity contribution in [3.8, 4) is 5.75 Å². The van der Waals surface area contributed by atoms with E-state index < -0.39 is 0 Å². The van der Waals surface area contributed by atoms with Crippen molar-refractivity contribution in [1.29, 1.82) is 0 Å². The number of hydrogen-bond donors (Lipinski definition) is 1. The van der Waals surface area contributed by atoms with Crippen molar-refractivity contribution in [3.63, 3.8) is 0 Å². The zero-order valence-electron chi connectivity index (χ0n) is 10.4. The molecule has 5 nitrogen and oxygen atoms in total. The van der Waals surface area contributed by atoms with Crippen LogP contribution in [0.1, 0.15) is 10.5 Å². The lowest BCUT2D eigenvalue weighted by atomic mass is 10.2. The molecule has 1 aromatic heterocycles. The number of ether oxygens (including phenoxy) is 1. The van der Waals surface area contributed by atoms with Crippen LogP contribution in [-0.4, -0.2) is 29.2 Å². The molecule has 1 heterocycles. The highest BCUT2D eigenvalue weighted by atomic mass is 16.5. The first kappa shape index (κ1) is 12.2. The Balaban J connectivity index is 2.06. The highest BCUT2D eigenvalue weighted by molar-refractivity contribution is 5.99. The summed E-state index contributed by atoms with van der Waals surface area (Å²) in [5.74, 6) is 0.438. The van der Waals surface area contributed by atoms with Crippen LogP contribution in [0.2, 0.25) is 0 Å². The first-order valence-corrected chi connectivity index (χ1v) is 5.60. The molecule has 2 rings (SSSR count). The van der Waals surface area contributed by atoms with Gasteiger partial charge in [0.1, 0.15) is 5.69 Å². The fourth-order valence-electron chi connectivity index (χ4n) is 1.71. The van der Waals surface area contributed by atoms with Crippen LogP contribution in [0.4, 0.5) is 5.69 Å². The minimum absolute atomic E-state index is 0.0595. The smallest absolute Gasteiger partial charge is 0.203 e. The number of rotatable bonds is 5. The number of ketones is 1. The van der Waals surface area contributed by atoms with Gasteiger partial charge in [-0.1, -0.05) is 18.2 Å². The molecule has 0 bridgehead atoms. The minimum atomic E-state index is -0.0595. The quantitative estimate of drug-likeness (QED) is 0.815. The summed E-state index contributed by atoms with van der Waals surface area (Å²) >= 11 is 0. The third kappa shape index (κ3) is 2.51. The summed E-state index contributed by atoms with van der Waals surface area (Å²) in [5, 5.41) is 7.07. The van der Waals surface area contributed by atoms with Crippen molar-refractivity contribution in [3.05, 3.63) is 42.2 Å². The third-order valence-electron chi connectivity index (χ3n) is 2.62. The van der Waals surface area contributed by atoms with E-state index in [0.717, 1.165) is 5.69 Å². The first-order valence-electron chi connectivity index (χ1n) is 5.60. The van der Waals surface area contributed by atoms with Gasteiger partial charge >= 0.3 is 0 Å². The number of carbonyl (C=O) groups is 1. The molecule has 1 N–H and O–H groups in total. The van der Waals surface area contributed by atoms with Crippen LogP contribution in [0.3, 0.4) is 0 Å². The van der Waals surface area contributed by atoms with Crippen LogP contribution in [0.15, 0.2) is 36.5 Å². The zero-order chi connectivity index (χ0) is 13.0. The zero-order valence-corrected chi connectivity index (χ0v) is 10.4. The average Bonchev–Trinajstić information content (AvgIpc) is 2.78. The molecule has 5 heteroatoms. The number of carbonyl (C=O) groups excluding carboxylic acids is 1. The summed E-state index contributed by atoms with van der Waals surface area (Å²) in [6.07, 6.45) is 1.54. The standard InChI is InChI=1S/C13H15N3O2/c1-16-13(12(18-2)9-15-16)11(17)8-14-10-6-4-3-5-7-10/h3-7,9,14H,8H2,1-2H3. The fourth-order valence-corrected chi connectivity index (χ4v) is 1.71. The second-order valence-corrected chi connectivity index (χ2v) is 3.83. The number of nitrogens with one attached hydrogen (secondary N) is 1. The molecule has 0 saturated carbocycles. The molecule has 0 aliphatic rings. The minimum Gasteiger partial charge on any atom is -0.493 e. The Hall–Kier alpha value is -2.30. The molecule has 94 valence electrons. The van der Waals surface area contributed by atoms with Crippen LogP contribution in [0.5, 0.6) is 5.75 Å². The van der Waals surface area contributed by atoms with E-state index in [4.69, 9.17) is 4.74 Å². The number of anilines is 1. The van der Waals surface area contributed by atoms with E-state index in [1.54, 1.807) is 7.05 Å². The molecular formula is C13H15N3O2. The van der Waals surface area contributed by atoms with Gasteiger partial charge in [0, 0.05) is 12.7 Å². The summed E-state index contributed by atoms with van der Waals surface area (Å²) in [5.41, 5.74) is 1.38. The van der Waals surface area contributed by atoms with Gasteiger partial charge in [-0.2, -0.15) is 5.10 Å². The monoisotopic (exact) mass is 245 g/mol. The van der Waals surface area contributed by atoms with Crippen molar-refractivity contribution in [2.45, 2.75) is 0 Å². The molecule has 0 atom stereocenters. The van der Waals surface area contributed by atoms with Crippen LogP contribution in [0, 0.1) is 0 Å². The van der Waals surface area contributed by atoms with Crippen LogP contribution in [0.25, 0.3) is 0 Å². The molecular weight excluding hydrogens is 230 g/mol. The topological polar surface area (TPSA) is 56.2 Å². The molecule has 0 radical (unpaired) electrons.